The van der Waals surface area contributed by atoms with Gasteiger partial charge in [-0.3, -0.25) is 14.5 Å². The Morgan fingerprint density at radius 3 is 2.43 bits per heavy atom. The summed E-state index contributed by atoms with van der Waals surface area (Å²) in [5, 5.41) is 5.56. The molecule has 2 aromatic carbocycles. The minimum atomic E-state index is -4.39. The topological polar surface area (TPSA) is 77.8 Å². The molecule has 2 N–H and O–H groups in total. The molecule has 10 heteroatoms. The van der Waals surface area contributed by atoms with Gasteiger partial charge >= 0.3 is 6.18 Å². The van der Waals surface area contributed by atoms with Crippen LogP contribution in [0.4, 0.5) is 24.5 Å². The second-order valence-corrected chi connectivity index (χ2v) is 8.17. The minimum Gasteiger partial charge on any atom is -0.467 e. The van der Waals surface area contributed by atoms with Crippen molar-refractivity contribution in [2.24, 2.45) is 0 Å². The van der Waals surface area contributed by atoms with Gasteiger partial charge in [-0.2, -0.15) is 13.2 Å². The number of carbonyl (C=O) groups excluding carboxylic acids is 2. The summed E-state index contributed by atoms with van der Waals surface area (Å²) < 4.78 is 44.2. The summed E-state index contributed by atoms with van der Waals surface area (Å²) >= 11 is 0. The second kappa shape index (κ2) is 10.6. The number of nitrogens with one attached hydrogen (secondary N) is 2. The highest BCUT2D eigenvalue weighted by atomic mass is 19.4. The van der Waals surface area contributed by atoms with Crippen LogP contribution >= 0.6 is 0 Å². The predicted molar refractivity (Wildman–Crippen MR) is 125 cm³/mol. The van der Waals surface area contributed by atoms with E-state index in [1.165, 1.54) is 12.3 Å². The molecule has 3 aromatic rings. The zero-order valence-corrected chi connectivity index (χ0v) is 18.8. The molecule has 1 fully saturated rings. The fraction of sp³-hybridized carbons (Fsp3) is 0.280. The Hall–Kier alpha value is -3.79. The smallest absolute Gasteiger partial charge is 0.416 e. The highest BCUT2D eigenvalue weighted by Crippen LogP contribution is 2.31. The number of carbonyl (C=O) groups is 2. The van der Waals surface area contributed by atoms with E-state index in [1.54, 1.807) is 42.5 Å². The van der Waals surface area contributed by atoms with Crippen molar-refractivity contribution in [2.75, 3.05) is 42.9 Å². The van der Waals surface area contributed by atoms with Crippen LogP contribution in [0.3, 0.4) is 0 Å². The van der Waals surface area contributed by atoms with Crippen LogP contribution in [0.2, 0.25) is 0 Å². The van der Waals surface area contributed by atoms with E-state index in [-0.39, 0.29) is 24.9 Å². The van der Waals surface area contributed by atoms with Crippen LogP contribution in [0.1, 0.15) is 21.7 Å². The number of hydrogen-bond donors (Lipinski definition) is 2. The summed E-state index contributed by atoms with van der Waals surface area (Å²) in [5.74, 6) is -0.0000494. The summed E-state index contributed by atoms with van der Waals surface area (Å²) in [6.45, 7) is 2.38. The lowest BCUT2D eigenvalue weighted by Crippen LogP contribution is -2.48. The first-order valence-corrected chi connectivity index (χ1v) is 11.1. The molecule has 2 heterocycles. The van der Waals surface area contributed by atoms with Gasteiger partial charge in [0.1, 0.15) is 5.76 Å². The Morgan fingerprint density at radius 2 is 1.71 bits per heavy atom. The van der Waals surface area contributed by atoms with Crippen molar-refractivity contribution >= 4 is 23.2 Å². The van der Waals surface area contributed by atoms with Gasteiger partial charge in [0.05, 0.1) is 36.2 Å². The SMILES string of the molecule is O=C(CN1CCN(c2cccc(C(F)(F)F)c2)CC1)Nc1ccccc1C(=O)NCc1ccco1. The molecule has 0 aliphatic carbocycles. The summed E-state index contributed by atoms with van der Waals surface area (Å²) in [6.07, 6.45) is -2.86. The van der Waals surface area contributed by atoms with Crippen molar-refractivity contribution in [1.29, 1.82) is 0 Å². The van der Waals surface area contributed by atoms with E-state index in [1.807, 2.05) is 9.80 Å². The summed E-state index contributed by atoms with van der Waals surface area (Å²) in [4.78, 5) is 29.1. The van der Waals surface area contributed by atoms with Crippen LogP contribution in [0.25, 0.3) is 0 Å². The van der Waals surface area contributed by atoms with Crippen molar-refractivity contribution in [3.05, 3.63) is 83.8 Å². The molecule has 4 rings (SSSR count). The molecule has 35 heavy (non-hydrogen) atoms. The fourth-order valence-corrected chi connectivity index (χ4v) is 3.90. The number of furan rings is 1. The average molecular weight is 486 g/mol. The van der Waals surface area contributed by atoms with Gasteiger partial charge in [0.25, 0.3) is 5.91 Å². The number of hydrogen-bond acceptors (Lipinski definition) is 5. The van der Waals surface area contributed by atoms with E-state index in [0.717, 1.165) is 12.1 Å². The number of alkyl halides is 3. The molecule has 0 radical (unpaired) electrons. The van der Waals surface area contributed by atoms with Crippen molar-refractivity contribution in [1.82, 2.24) is 10.2 Å². The van der Waals surface area contributed by atoms with Gasteiger partial charge in [0.2, 0.25) is 5.91 Å². The largest absolute Gasteiger partial charge is 0.467 e. The van der Waals surface area contributed by atoms with Gasteiger partial charge in [-0.1, -0.05) is 18.2 Å². The predicted octanol–water partition coefficient (Wildman–Crippen LogP) is 3.99. The number of benzene rings is 2. The molecule has 1 aliphatic heterocycles. The van der Waals surface area contributed by atoms with Crippen LogP contribution in [0.5, 0.6) is 0 Å². The lowest BCUT2D eigenvalue weighted by molar-refractivity contribution is -0.137. The number of nitrogens with zero attached hydrogens (tertiary/aromatic N) is 2. The molecule has 0 bridgehead atoms. The molecular formula is C25H25F3N4O3. The summed E-state index contributed by atoms with van der Waals surface area (Å²) in [5.41, 5.74) is 0.570. The van der Waals surface area contributed by atoms with Crippen LogP contribution < -0.4 is 15.5 Å². The Bertz CT molecular complexity index is 1160. The Kier molecular flexibility index (Phi) is 7.40. The first-order chi connectivity index (χ1) is 16.8. The quantitative estimate of drug-likeness (QED) is 0.528. The van der Waals surface area contributed by atoms with Crippen LogP contribution in [-0.2, 0) is 17.5 Å². The standard InChI is InChI=1S/C25H25F3N4O3/c26-25(27,28)18-5-3-6-19(15-18)32-12-10-31(11-13-32)17-23(33)30-22-9-2-1-8-21(22)24(34)29-16-20-7-4-14-35-20/h1-9,14-15H,10-13,16-17H2,(H,29,34)(H,30,33). The number of rotatable bonds is 7. The second-order valence-electron chi connectivity index (χ2n) is 8.17. The van der Waals surface area contributed by atoms with Crippen LogP contribution in [0.15, 0.2) is 71.3 Å². The fourth-order valence-electron chi connectivity index (χ4n) is 3.90. The van der Waals surface area contributed by atoms with Crippen molar-refractivity contribution < 1.29 is 27.2 Å². The lowest BCUT2D eigenvalue weighted by atomic mass is 10.1. The number of amides is 2. The first kappa shape index (κ1) is 24.3. The van der Waals surface area contributed by atoms with E-state index in [2.05, 4.69) is 10.6 Å². The van der Waals surface area contributed by atoms with E-state index in [0.29, 0.717) is 48.9 Å². The van der Waals surface area contributed by atoms with Crippen LogP contribution in [0, 0.1) is 0 Å². The van der Waals surface area contributed by atoms with Crippen molar-refractivity contribution in [3.63, 3.8) is 0 Å². The highest BCUT2D eigenvalue weighted by Gasteiger charge is 2.31. The van der Waals surface area contributed by atoms with Crippen molar-refractivity contribution in [2.45, 2.75) is 12.7 Å². The Morgan fingerprint density at radius 1 is 0.943 bits per heavy atom. The molecule has 1 aliphatic rings. The molecule has 1 saturated heterocycles. The van der Waals surface area contributed by atoms with E-state index >= 15 is 0 Å². The van der Waals surface area contributed by atoms with Crippen molar-refractivity contribution in [3.8, 4) is 0 Å². The van der Waals surface area contributed by atoms with E-state index < -0.39 is 11.7 Å². The van der Waals surface area contributed by atoms with Gasteiger partial charge in [0.15, 0.2) is 0 Å². The first-order valence-electron chi connectivity index (χ1n) is 11.1. The third kappa shape index (κ3) is 6.42. The molecule has 0 atom stereocenters. The zero-order valence-electron chi connectivity index (χ0n) is 18.8. The van der Waals surface area contributed by atoms with Gasteiger partial charge < -0.3 is 20.0 Å². The number of halogens is 3. The van der Waals surface area contributed by atoms with E-state index in [9.17, 15) is 22.8 Å². The van der Waals surface area contributed by atoms with Gasteiger partial charge in [-0.15, -0.1) is 0 Å². The maximum atomic E-state index is 13.0. The molecule has 0 unspecified atom stereocenters. The number of para-hydroxylation sites is 1. The van der Waals surface area contributed by atoms with E-state index in [4.69, 9.17) is 4.42 Å². The Labute approximate surface area is 200 Å². The molecular weight excluding hydrogens is 461 g/mol. The summed E-state index contributed by atoms with van der Waals surface area (Å²) in [7, 11) is 0. The number of anilines is 2. The lowest BCUT2D eigenvalue weighted by Gasteiger charge is -2.36. The molecule has 184 valence electrons. The minimum absolute atomic E-state index is 0.110. The average Bonchev–Trinajstić information content (AvgIpc) is 3.37. The zero-order chi connectivity index (χ0) is 24.8. The highest BCUT2D eigenvalue weighted by molar-refractivity contribution is 6.04. The molecule has 1 aromatic heterocycles. The summed E-state index contributed by atoms with van der Waals surface area (Å²) in [6, 6.07) is 15.5. The van der Waals surface area contributed by atoms with Gasteiger partial charge in [-0.25, -0.2) is 0 Å². The van der Waals surface area contributed by atoms with Gasteiger partial charge in [0, 0.05) is 31.9 Å². The molecule has 0 spiro atoms. The maximum absolute atomic E-state index is 13.0. The normalized spacial score (nSPS) is 14.5. The third-order valence-electron chi connectivity index (χ3n) is 5.73. The van der Waals surface area contributed by atoms with Crippen LogP contribution in [-0.4, -0.2) is 49.4 Å². The molecule has 7 nitrogen and oxygen atoms in total. The maximum Gasteiger partial charge on any atom is 0.416 e. The molecule has 2 amide bonds. The number of piperazine rings is 1. The monoisotopic (exact) mass is 486 g/mol. The van der Waals surface area contributed by atoms with Gasteiger partial charge in [-0.05, 0) is 42.5 Å². The third-order valence-corrected chi connectivity index (χ3v) is 5.73. The Balaban J connectivity index is 1.30. The molecule has 0 saturated carbocycles.